The van der Waals surface area contributed by atoms with Gasteiger partial charge in [0.25, 0.3) is 0 Å². The highest BCUT2D eigenvalue weighted by Gasteiger charge is 2.10. The Morgan fingerprint density at radius 1 is 1.15 bits per heavy atom. The Morgan fingerprint density at radius 2 is 1.89 bits per heavy atom. The van der Waals surface area contributed by atoms with E-state index in [2.05, 4.69) is 95.8 Å². The van der Waals surface area contributed by atoms with E-state index in [1.165, 1.54) is 47.1 Å². The molecule has 0 spiro atoms. The normalized spacial score (nSPS) is 14.2. The summed E-state index contributed by atoms with van der Waals surface area (Å²) in [5.74, 6) is 0. The van der Waals surface area contributed by atoms with Crippen molar-refractivity contribution in [3.8, 4) is 0 Å². The van der Waals surface area contributed by atoms with Gasteiger partial charge in [-0.3, -0.25) is 0 Å². The molecule has 0 saturated heterocycles. The minimum Gasteiger partial charge on any atom is -0.377 e. The zero-order valence-corrected chi connectivity index (χ0v) is 18.4. The molecule has 27 heavy (non-hydrogen) atoms. The van der Waals surface area contributed by atoms with Crippen LogP contribution in [0.2, 0.25) is 0 Å². The van der Waals surface area contributed by atoms with Gasteiger partial charge >= 0.3 is 0 Å². The SMILES string of the molecule is C=CC(=C\N(C)C(CC)CCC)/C(=C/C=C(\C)c1cccc(CC)c1)CC. The Bertz CT molecular complexity index is 675. The predicted molar refractivity (Wildman–Crippen MR) is 123 cm³/mol. The maximum absolute atomic E-state index is 4.07. The third-order valence-corrected chi connectivity index (χ3v) is 5.31. The zero-order chi connectivity index (χ0) is 20.2. The second-order valence-corrected chi connectivity index (χ2v) is 7.25. The van der Waals surface area contributed by atoms with Gasteiger partial charge in [0.2, 0.25) is 0 Å². The van der Waals surface area contributed by atoms with Gasteiger partial charge in [-0.05, 0) is 60.5 Å². The van der Waals surface area contributed by atoms with Crippen molar-refractivity contribution < 1.29 is 0 Å². The molecule has 0 aliphatic rings. The molecule has 0 radical (unpaired) electrons. The van der Waals surface area contributed by atoms with Gasteiger partial charge in [0, 0.05) is 19.3 Å². The van der Waals surface area contributed by atoms with Crippen LogP contribution in [0.3, 0.4) is 0 Å². The van der Waals surface area contributed by atoms with Gasteiger partial charge in [-0.1, -0.05) is 83.2 Å². The molecule has 1 heteroatoms. The maximum Gasteiger partial charge on any atom is 0.0278 e. The highest BCUT2D eigenvalue weighted by molar-refractivity contribution is 5.66. The predicted octanol–water partition coefficient (Wildman–Crippen LogP) is 7.57. The molecule has 0 aliphatic heterocycles. The van der Waals surface area contributed by atoms with Crippen LogP contribution in [0.1, 0.15) is 71.4 Å². The Kier molecular flexibility index (Phi) is 10.6. The van der Waals surface area contributed by atoms with Gasteiger partial charge in [-0.15, -0.1) is 0 Å². The lowest BCUT2D eigenvalue weighted by atomic mass is 10.00. The van der Waals surface area contributed by atoms with Crippen molar-refractivity contribution in [2.75, 3.05) is 7.05 Å². The van der Waals surface area contributed by atoms with Gasteiger partial charge in [0.15, 0.2) is 0 Å². The highest BCUT2D eigenvalue weighted by Crippen LogP contribution is 2.21. The largest absolute Gasteiger partial charge is 0.377 e. The fraction of sp³-hybridized carbons (Fsp3) is 0.462. The molecule has 0 fully saturated rings. The second kappa shape index (κ2) is 12.4. The van der Waals surface area contributed by atoms with Crippen LogP contribution in [0.15, 0.2) is 66.4 Å². The topological polar surface area (TPSA) is 3.24 Å². The van der Waals surface area contributed by atoms with Crippen LogP contribution in [0.25, 0.3) is 5.57 Å². The molecule has 1 nitrogen and oxygen atoms in total. The van der Waals surface area contributed by atoms with Crippen molar-refractivity contribution in [2.45, 2.75) is 72.8 Å². The number of aryl methyl sites for hydroxylation is 1. The lowest BCUT2D eigenvalue weighted by Crippen LogP contribution is -2.26. The summed E-state index contributed by atoms with van der Waals surface area (Å²) in [4.78, 5) is 2.37. The van der Waals surface area contributed by atoms with E-state index in [0.717, 1.165) is 12.8 Å². The number of benzene rings is 1. The van der Waals surface area contributed by atoms with E-state index in [1.807, 2.05) is 6.08 Å². The molecule has 0 bridgehead atoms. The molecule has 0 N–H and O–H groups in total. The van der Waals surface area contributed by atoms with E-state index in [4.69, 9.17) is 0 Å². The molecular weight excluding hydrogens is 326 g/mol. The minimum absolute atomic E-state index is 0.595. The summed E-state index contributed by atoms with van der Waals surface area (Å²) in [5, 5.41) is 0. The molecule has 0 aliphatic carbocycles. The van der Waals surface area contributed by atoms with Crippen molar-refractivity contribution in [1.82, 2.24) is 4.90 Å². The summed E-state index contributed by atoms with van der Waals surface area (Å²) >= 11 is 0. The molecule has 0 aromatic heterocycles. The van der Waals surface area contributed by atoms with Crippen LogP contribution in [-0.4, -0.2) is 18.0 Å². The van der Waals surface area contributed by atoms with Gasteiger partial charge in [-0.25, -0.2) is 0 Å². The van der Waals surface area contributed by atoms with E-state index in [1.54, 1.807) is 0 Å². The van der Waals surface area contributed by atoms with Crippen LogP contribution >= 0.6 is 0 Å². The molecule has 0 heterocycles. The molecule has 148 valence electrons. The highest BCUT2D eigenvalue weighted by atomic mass is 15.1. The quantitative estimate of drug-likeness (QED) is 0.365. The second-order valence-electron chi connectivity index (χ2n) is 7.25. The third kappa shape index (κ3) is 7.25. The number of hydrogen-bond acceptors (Lipinski definition) is 1. The van der Waals surface area contributed by atoms with Crippen molar-refractivity contribution in [2.24, 2.45) is 0 Å². The Labute approximate surface area is 168 Å². The molecule has 1 rings (SSSR count). The minimum atomic E-state index is 0.595. The van der Waals surface area contributed by atoms with Gasteiger partial charge in [0.1, 0.15) is 0 Å². The van der Waals surface area contributed by atoms with E-state index >= 15 is 0 Å². The van der Waals surface area contributed by atoms with Crippen LogP contribution < -0.4 is 0 Å². The average Bonchev–Trinajstić information content (AvgIpc) is 2.70. The van der Waals surface area contributed by atoms with E-state index in [9.17, 15) is 0 Å². The first-order valence-electron chi connectivity index (χ1n) is 10.5. The fourth-order valence-electron chi connectivity index (χ4n) is 3.40. The lowest BCUT2D eigenvalue weighted by molar-refractivity contribution is 0.300. The van der Waals surface area contributed by atoms with E-state index < -0.39 is 0 Å². The van der Waals surface area contributed by atoms with Gasteiger partial charge in [-0.2, -0.15) is 0 Å². The third-order valence-electron chi connectivity index (χ3n) is 5.31. The molecule has 1 unspecified atom stereocenters. The molecule has 0 saturated carbocycles. The maximum atomic E-state index is 4.07. The van der Waals surface area contributed by atoms with Crippen LogP contribution in [0.4, 0.5) is 0 Å². The first kappa shape index (κ1) is 23.0. The number of nitrogens with zero attached hydrogens (tertiary/aromatic N) is 1. The van der Waals surface area contributed by atoms with Gasteiger partial charge in [0.05, 0.1) is 0 Å². The zero-order valence-electron chi connectivity index (χ0n) is 18.4. The number of rotatable bonds is 11. The Hall–Kier alpha value is -2.02. The van der Waals surface area contributed by atoms with Crippen molar-refractivity contribution in [3.63, 3.8) is 0 Å². The summed E-state index contributed by atoms with van der Waals surface area (Å²) in [7, 11) is 2.19. The van der Waals surface area contributed by atoms with Gasteiger partial charge < -0.3 is 4.90 Å². The standard InChI is InChI=1S/C26H39N/c1-8-14-26(12-5)27(7)20-24(11-4)23(10-3)18-17-21(6)25-16-13-15-22(9-2)19-25/h11,13,15-20,26H,4,8-10,12,14H2,1-3,5-7H3/b21-17+,23-18+,24-20+. The van der Waals surface area contributed by atoms with Crippen LogP contribution in [-0.2, 0) is 6.42 Å². The molecular formula is C26H39N. The van der Waals surface area contributed by atoms with Crippen molar-refractivity contribution in [3.05, 3.63) is 77.5 Å². The number of hydrogen-bond donors (Lipinski definition) is 0. The summed E-state index contributed by atoms with van der Waals surface area (Å²) in [6.07, 6.45) is 14.4. The summed E-state index contributed by atoms with van der Waals surface area (Å²) in [6, 6.07) is 9.42. The molecule has 1 aromatic rings. The Balaban J connectivity index is 3.10. The summed E-state index contributed by atoms with van der Waals surface area (Å²) < 4.78 is 0. The lowest BCUT2D eigenvalue weighted by Gasteiger charge is -2.26. The number of allylic oxidation sites excluding steroid dienone is 6. The first-order valence-corrected chi connectivity index (χ1v) is 10.5. The average molecular weight is 366 g/mol. The van der Waals surface area contributed by atoms with E-state index in [0.29, 0.717) is 6.04 Å². The smallest absolute Gasteiger partial charge is 0.0278 e. The van der Waals surface area contributed by atoms with Crippen LogP contribution in [0.5, 0.6) is 0 Å². The van der Waals surface area contributed by atoms with Crippen molar-refractivity contribution in [1.29, 1.82) is 0 Å². The summed E-state index contributed by atoms with van der Waals surface area (Å²) in [6.45, 7) is 15.2. The first-order chi connectivity index (χ1) is 13.0. The molecule has 1 aromatic carbocycles. The Morgan fingerprint density at radius 3 is 2.44 bits per heavy atom. The van der Waals surface area contributed by atoms with E-state index in [-0.39, 0.29) is 0 Å². The van der Waals surface area contributed by atoms with Crippen LogP contribution in [0, 0.1) is 0 Å². The summed E-state index contributed by atoms with van der Waals surface area (Å²) in [5.41, 5.74) is 6.53. The fourth-order valence-corrected chi connectivity index (χ4v) is 3.40. The monoisotopic (exact) mass is 365 g/mol. The molecule has 0 amide bonds. The van der Waals surface area contributed by atoms with Crippen molar-refractivity contribution >= 4 is 5.57 Å². The molecule has 1 atom stereocenters.